The van der Waals surface area contributed by atoms with Gasteiger partial charge in [-0.1, -0.05) is 110 Å². The smallest absolute Gasteiger partial charge is 0.305 e. The van der Waals surface area contributed by atoms with Crippen molar-refractivity contribution in [2.75, 3.05) is 13.2 Å². The summed E-state index contributed by atoms with van der Waals surface area (Å²) in [6.07, 6.45) is 23.8. The van der Waals surface area contributed by atoms with Crippen molar-refractivity contribution >= 4 is 11.9 Å². The summed E-state index contributed by atoms with van der Waals surface area (Å²) in [5.74, 6) is -0.0307. The molecule has 0 aliphatic carbocycles. The quantitative estimate of drug-likeness (QED) is 0.112. The standard InChI is InChI=1S/C27H52O4/c1-3-5-20-24-30-26(28)22-18-16-14-12-10-8-7-9-11-13-15-17-19-23-27(29)31-25-21-6-4-2/h3-25H2,1-2H3. The minimum Gasteiger partial charge on any atom is -0.466 e. The van der Waals surface area contributed by atoms with Crippen molar-refractivity contribution in [3.63, 3.8) is 0 Å². The molecule has 4 heteroatoms. The van der Waals surface area contributed by atoms with Crippen molar-refractivity contribution in [2.45, 2.75) is 149 Å². The highest BCUT2D eigenvalue weighted by Gasteiger charge is 2.03. The first-order chi connectivity index (χ1) is 15.2. The molecule has 0 bridgehead atoms. The molecule has 0 saturated carbocycles. The number of esters is 2. The van der Waals surface area contributed by atoms with Crippen molar-refractivity contribution in [2.24, 2.45) is 0 Å². The van der Waals surface area contributed by atoms with Gasteiger partial charge in [0, 0.05) is 12.8 Å². The molecule has 0 aromatic carbocycles. The lowest BCUT2D eigenvalue weighted by Gasteiger charge is -2.05. The van der Waals surface area contributed by atoms with Gasteiger partial charge in [-0.2, -0.15) is 0 Å². The normalized spacial score (nSPS) is 10.9. The van der Waals surface area contributed by atoms with E-state index in [4.69, 9.17) is 9.47 Å². The first-order valence-corrected chi connectivity index (χ1v) is 13.5. The number of carbonyl (C=O) groups excluding carboxylic acids is 2. The highest BCUT2D eigenvalue weighted by atomic mass is 16.5. The van der Waals surface area contributed by atoms with E-state index in [0.29, 0.717) is 26.1 Å². The van der Waals surface area contributed by atoms with E-state index in [1.165, 1.54) is 57.8 Å². The Kier molecular flexibility index (Phi) is 24.3. The number of carbonyl (C=O) groups is 2. The Morgan fingerprint density at radius 1 is 0.419 bits per heavy atom. The molecular weight excluding hydrogens is 388 g/mol. The van der Waals surface area contributed by atoms with E-state index in [-0.39, 0.29) is 11.9 Å². The molecular formula is C27H52O4. The zero-order valence-electron chi connectivity index (χ0n) is 20.9. The van der Waals surface area contributed by atoms with Crippen LogP contribution in [0.2, 0.25) is 0 Å². The van der Waals surface area contributed by atoms with Crippen molar-refractivity contribution < 1.29 is 19.1 Å². The molecule has 4 nitrogen and oxygen atoms in total. The molecule has 0 spiro atoms. The van der Waals surface area contributed by atoms with Gasteiger partial charge in [-0.05, 0) is 25.7 Å². The average molecular weight is 441 g/mol. The molecule has 0 N–H and O–H groups in total. The van der Waals surface area contributed by atoms with Crippen LogP contribution in [0.5, 0.6) is 0 Å². The predicted molar refractivity (Wildman–Crippen MR) is 130 cm³/mol. The third-order valence-electron chi connectivity index (χ3n) is 5.78. The van der Waals surface area contributed by atoms with E-state index in [2.05, 4.69) is 13.8 Å². The molecule has 0 rings (SSSR count). The number of hydrogen-bond acceptors (Lipinski definition) is 4. The Hall–Kier alpha value is -1.06. The summed E-state index contributed by atoms with van der Waals surface area (Å²) in [5.41, 5.74) is 0. The Balaban J connectivity index is 3.17. The van der Waals surface area contributed by atoms with Crippen molar-refractivity contribution in [1.29, 1.82) is 0 Å². The molecule has 184 valence electrons. The zero-order chi connectivity index (χ0) is 22.8. The van der Waals surface area contributed by atoms with Crippen LogP contribution in [0.4, 0.5) is 0 Å². The van der Waals surface area contributed by atoms with Crippen LogP contribution in [0, 0.1) is 0 Å². The summed E-state index contributed by atoms with van der Waals surface area (Å²) in [6.45, 7) is 5.51. The molecule has 0 heterocycles. The Morgan fingerprint density at radius 3 is 1.00 bits per heavy atom. The summed E-state index contributed by atoms with van der Waals surface area (Å²) >= 11 is 0. The van der Waals surface area contributed by atoms with Crippen LogP contribution in [0.1, 0.15) is 149 Å². The second kappa shape index (κ2) is 25.2. The first-order valence-electron chi connectivity index (χ1n) is 13.5. The van der Waals surface area contributed by atoms with E-state index >= 15 is 0 Å². The minimum atomic E-state index is -0.0153. The van der Waals surface area contributed by atoms with Gasteiger partial charge < -0.3 is 9.47 Å². The average Bonchev–Trinajstić information content (AvgIpc) is 2.77. The third-order valence-corrected chi connectivity index (χ3v) is 5.78. The van der Waals surface area contributed by atoms with Gasteiger partial charge in [-0.25, -0.2) is 0 Å². The van der Waals surface area contributed by atoms with Crippen LogP contribution in [0.15, 0.2) is 0 Å². The van der Waals surface area contributed by atoms with Gasteiger partial charge in [0.05, 0.1) is 13.2 Å². The van der Waals surface area contributed by atoms with Crippen LogP contribution >= 0.6 is 0 Å². The summed E-state index contributed by atoms with van der Waals surface area (Å²) in [6, 6.07) is 0. The molecule has 0 fully saturated rings. The van der Waals surface area contributed by atoms with E-state index in [1.54, 1.807) is 0 Å². The van der Waals surface area contributed by atoms with Gasteiger partial charge >= 0.3 is 11.9 Å². The maximum Gasteiger partial charge on any atom is 0.305 e. The van der Waals surface area contributed by atoms with Gasteiger partial charge in [-0.15, -0.1) is 0 Å². The Labute approximate surface area is 193 Å². The lowest BCUT2D eigenvalue weighted by molar-refractivity contribution is -0.144. The topological polar surface area (TPSA) is 52.6 Å². The molecule has 31 heavy (non-hydrogen) atoms. The molecule has 0 amide bonds. The highest BCUT2D eigenvalue weighted by Crippen LogP contribution is 2.14. The van der Waals surface area contributed by atoms with Gasteiger partial charge in [0.1, 0.15) is 0 Å². The Bertz CT molecular complexity index is 359. The van der Waals surface area contributed by atoms with Crippen LogP contribution in [0.3, 0.4) is 0 Å². The second-order valence-corrected chi connectivity index (χ2v) is 8.95. The Morgan fingerprint density at radius 2 is 0.710 bits per heavy atom. The van der Waals surface area contributed by atoms with E-state index < -0.39 is 0 Å². The van der Waals surface area contributed by atoms with Crippen molar-refractivity contribution in [3.8, 4) is 0 Å². The summed E-state index contributed by atoms with van der Waals surface area (Å²) in [4.78, 5) is 23.1. The highest BCUT2D eigenvalue weighted by molar-refractivity contribution is 5.69. The summed E-state index contributed by atoms with van der Waals surface area (Å²) < 4.78 is 10.5. The fourth-order valence-corrected chi connectivity index (χ4v) is 3.70. The molecule has 0 radical (unpaired) electrons. The maximum atomic E-state index is 11.6. The minimum absolute atomic E-state index is 0.0153. The molecule has 0 aromatic rings. The van der Waals surface area contributed by atoms with Crippen LogP contribution in [0.25, 0.3) is 0 Å². The maximum absolute atomic E-state index is 11.6. The third kappa shape index (κ3) is 25.1. The number of ether oxygens (including phenoxy) is 2. The fourth-order valence-electron chi connectivity index (χ4n) is 3.70. The number of rotatable bonds is 24. The summed E-state index contributed by atoms with van der Waals surface area (Å²) in [7, 11) is 0. The fraction of sp³-hybridized carbons (Fsp3) is 0.926. The molecule has 0 saturated heterocycles. The van der Waals surface area contributed by atoms with Crippen LogP contribution in [-0.2, 0) is 19.1 Å². The zero-order valence-corrected chi connectivity index (χ0v) is 20.9. The summed E-state index contributed by atoms with van der Waals surface area (Å²) in [5, 5.41) is 0. The number of unbranched alkanes of at least 4 members (excludes halogenated alkanes) is 16. The van der Waals surface area contributed by atoms with Crippen LogP contribution in [-0.4, -0.2) is 25.2 Å². The van der Waals surface area contributed by atoms with E-state index in [0.717, 1.165) is 64.2 Å². The van der Waals surface area contributed by atoms with Crippen molar-refractivity contribution in [3.05, 3.63) is 0 Å². The second-order valence-electron chi connectivity index (χ2n) is 8.95. The molecule has 0 atom stereocenters. The first kappa shape index (κ1) is 29.9. The van der Waals surface area contributed by atoms with Gasteiger partial charge in [0.25, 0.3) is 0 Å². The number of hydrogen-bond donors (Lipinski definition) is 0. The van der Waals surface area contributed by atoms with Crippen molar-refractivity contribution in [1.82, 2.24) is 0 Å². The largest absolute Gasteiger partial charge is 0.466 e. The lowest BCUT2D eigenvalue weighted by atomic mass is 10.0. The van der Waals surface area contributed by atoms with Gasteiger partial charge in [0.2, 0.25) is 0 Å². The molecule has 0 unspecified atom stereocenters. The van der Waals surface area contributed by atoms with E-state index in [1.807, 2.05) is 0 Å². The molecule has 0 aliphatic heterocycles. The lowest BCUT2D eigenvalue weighted by Crippen LogP contribution is -2.05. The molecule has 0 aromatic heterocycles. The molecule has 0 aliphatic rings. The monoisotopic (exact) mass is 440 g/mol. The van der Waals surface area contributed by atoms with Crippen LogP contribution < -0.4 is 0 Å². The SMILES string of the molecule is CCCCCOC(=O)CCCCCCCCCCCCCCCC(=O)OCCCCC. The predicted octanol–water partition coefficient (Wildman–Crippen LogP) is 8.30. The van der Waals surface area contributed by atoms with E-state index in [9.17, 15) is 9.59 Å². The van der Waals surface area contributed by atoms with Gasteiger partial charge in [-0.3, -0.25) is 9.59 Å². The van der Waals surface area contributed by atoms with Gasteiger partial charge in [0.15, 0.2) is 0 Å².